The molecule has 4 rings (SSSR count). The third-order valence-electron chi connectivity index (χ3n) is 6.01. The fraction of sp³-hybridized carbons (Fsp3) is 0.286. The molecular weight excluding hydrogens is 446 g/mol. The Bertz CT molecular complexity index is 1310. The number of nitrogens with zero attached hydrogens (tertiary/aromatic N) is 1. The second kappa shape index (κ2) is 10.9. The molecule has 3 aromatic carbocycles. The van der Waals surface area contributed by atoms with Crippen LogP contribution in [0.4, 0.5) is 0 Å². The molecule has 178 valence electrons. The topological polar surface area (TPSA) is 59.8 Å². The van der Waals surface area contributed by atoms with Crippen molar-refractivity contribution < 1.29 is 17.6 Å². The Balaban J connectivity index is 1.57. The number of para-hydroxylation sites is 1. The Labute approximate surface area is 201 Å². The predicted molar refractivity (Wildman–Crippen MR) is 135 cm³/mol. The molecule has 0 unspecified atom stereocenters. The first kappa shape index (κ1) is 24.0. The summed E-state index contributed by atoms with van der Waals surface area (Å²) in [7, 11) is -3.79. The highest BCUT2D eigenvalue weighted by Gasteiger charge is 2.28. The van der Waals surface area contributed by atoms with E-state index in [0.717, 1.165) is 31.6 Å². The Morgan fingerprint density at radius 1 is 0.853 bits per heavy atom. The number of benzene rings is 3. The minimum atomic E-state index is -3.79. The maximum absolute atomic E-state index is 13.7. The number of rotatable bonds is 11. The van der Waals surface area contributed by atoms with Crippen molar-refractivity contribution in [2.45, 2.75) is 36.5 Å². The Kier molecular flexibility index (Phi) is 7.70. The van der Waals surface area contributed by atoms with Crippen LogP contribution in [0.1, 0.15) is 31.6 Å². The predicted octanol–water partition coefficient (Wildman–Crippen LogP) is 5.97. The second-order valence-electron chi connectivity index (χ2n) is 8.22. The molecule has 0 fully saturated rings. The standard InChI is InChI=1S/C28H31NO4S/c1-3-29(4-2)19-10-20-32-23-15-17-24(18-16-23)34(30,31)28-25-13-8-9-14-26(25)33-27(28)21-22-11-6-5-7-12-22/h5-9,11-18H,3-4,10,19-21H2,1-2H3. The molecule has 0 aliphatic heterocycles. The van der Waals surface area contributed by atoms with E-state index in [9.17, 15) is 8.42 Å². The van der Waals surface area contributed by atoms with Gasteiger partial charge in [-0.1, -0.05) is 56.3 Å². The lowest BCUT2D eigenvalue weighted by molar-refractivity contribution is 0.249. The van der Waals surface area contributed by atoms with Gasteiger partial charge in [0.15, 0.2) is 0 Å². The van der Waals surface area contributed by atoms with E-state index in [1.54, 1.807) is 36.4 Å². The van der Waals surface area contributed by atoms with Crippen molar-refractivity contribution >= 4 is 20.8 Å². The summed E-state index contributed by atoms with van der Waals surface area (Å²) in [5.74, 6) is 1.11. The van der Waals surface area contributed by atoms with Crippen LogP contribution in [0.5, 0.6) is 5.75 Å². The molecule has 0 radical (unpaired) electrons. The smallest absolute Gasteiger partial charge is 0.210 e. The second-order valence-corrected chi connectivity index (χ2v) is 10.1. The van der Waals surface area contributed by atoms with Crippen LogP contribution >= 0.6 is 0 Å². The summed E-state index contributed by atoms with van der Waals surface area (Å²) in [6.07, 6.45) is 1.32. The van der Waals surface area contributed by atoms with Gasteiger partial charge in [0.2, 0.25) is 9.84 Å². The highest BCUT2D eigenvalue weighted by Crippen LogP contribution is 2.35. The summed E-state index contributed by atoms with van der Waals surface area (Å²) >= 11 is 0. The number of hydrogen-bond acceptors (Lipinski definition) is 5. The lowest BCUT2D eigenvalue weighted by Crippen LogP contribution is -2.25. The summed E-state index contributed by atoms with van der Waals surface area (Å²) in [4.78, 5) is 2.81. The largest absolute Gasteiger partial charge is 0.494 e. The zero-order valence-corrected chi connectivity index (χ0v) is 20.6. The van der Waals surface area contributed by atoms with Gasteiger partial charge >= 0.3 is 0 Å². The molecule has 0 aliphatic carbocycles. The van der Waals surface area contributed by atoms with Gasteiger partial charge in [0.1, 0.15) is 22.0 Å². The van der Waals surface area contributed by atoms with E-state index in [-0.39, 0.29) is 9.79 Å². The van der Waals surface area contributed by atoms with Crippen LogP contribution in [0.3, 0.4) is 0 Å². The normalized spacial score (nSPS) is 11.9. The molecule has 0 aliphatic rings. The molecule has 6 heteroatoms. The highest BCUT2D eigenvalue weighted by atomic mass is 32.2. The molecule has 1 aromatic heterocycles. The number of sulfone groups is 1. The molecule has 5 nitrogen and oxygen atoms in total. The van der Waals surface area contributed by atoms with Crippen molar-refractivity contribution in [3.8, 4) is 5.75 Å². The zero-order valence-electron chi connectivity index (χ0n) is 19.7. The van der Waals surface area contributed by atoms with Crippen LogP contribution in [0.25, 0.3) is 11.0 Å². The molecule has 0 N–H and O–H groups in total. The van der Waals surface area contributed by atoms with E-state index in [4.69, 9.17) is 9.15 Å². The van der Waals surface area contributed by atoms with Crippen LogP contribution in [0.15, 0.2) is 93.1 Å². The summed E-state index contributed by atoms with van der Waals surface area (Å²) in [6, 6.07) is 23.7. The van der Waals surface area contributed by atoms with E-state index in [2.05, 4.69) is 18.7 Å². The quantitative estimate of drug-likeness (QED) is 0.249. The van der Waals surface area contributed by atoms with Gasteiger partial charge in [-0.25, -0.2) is 8.42 Å². The highest BCUT2D eigenvalue weighted by molar-refractivity contribution is 7.91. The van der Waals surface area contributed by atoms with E-state index in [0.29, 0.717) is 35.5 Å². The molecule has 0 atom stereocenters. The van der Waals surface area contributed by atoms with Gasteiger partial charge in [0.25, 0.3) is 0 Å². The van der Waals surface area contributed by atoms with Crippen LogP contribution in [0, 0.1) is 0 Å². The minimum Gasteiger partial charge on any atom is -0.494 e. The first-order chi connectivity index (χ1) is 16.5. The number of fused-ring (bicyclic) bond motifs is 1. The third-order valence-corrected chi connectivity index (χ3v) is 7.89. The summed E-state index contributed by atoms with van der Waals surface area (Å²) in [5.41, 5.74) is 1.56. The molecule has 0 amide bonds. The maximum atomic E-state index is 13.7. The molecule has 34 heavy (non-hydrogen) atoms. The van der Waals surface area contributed by atoms with E-state index in [1.807, 2.05) is 42.5 Å². The number of hydrogen-bond donors (Lipinski definition) is 0. The minimum absolute atomic E-state index is 0.226. The first-order valence-corrected chi connectivity index (χ1v) is 13.3. The Morgan fingerprint density at radius 3 is 2.24 bits per heavy atom. The van der Waals surface area contributed by atoms with Crippen molar-refractivity contribution in [2.75, 3.05) is 26.2 Å². The third kappa shape index (κ3) is 5.34. The van der Waals surface area contributed by atoms with Gasteiger partial charge in [-0.3, -0.25) is 0 Å². The van der Waals surface area contributed by atoms with Crippen molar-refractivity contribution in [1.82, 2.24) is 4.90 Å². The van der Waals surface area contributed by atoms with Crippen LogP contribution in [-0.2, 0) is 16.3 Å². The van der Waals surface area contributed by atoms with E-state index < -0.39 is 9.84 Å². The van der Waals surface area contributed by atoms with Crippen LogP contribution in [0.2, 0.25) is 0 Å². The number of furan rings is 1. The van der Waals surface area contributed by atoms with Gasteiger partial charge in [-0.2, -0.15) is 0 Å². The fourth-order valence-corrected chi connectivity index (χ4v) is 5.72. The maximum Gasteiger partial charge on any atom is 0.210 e. The zero-order chi connectivity index (χ0) is 24.0. The lowest BCUT2D eigenvalue weighted by Gasteiger charge is -2.17. The summed E-state index contributed by atoms with van der Waals surface area (Å²) < 4.78 is 39.3. The van der Waals surface area contributed by atoms with Crippen molar-refractivity contribution in [2.24, 2.45) is 0 Å². The molecule has 0 saturated carbocycles. The molecule has 1 heterocycles. The number of ether oxygens (including phenoxy) is 1. The SMILES string of the molecule is CCN(CC)CCCOc1ccc(S(=O)(=O)c2c(Cc3ccccc3)oc3ccccc23)cc1. The Morgan fingerprint density at radius 2 is 1.53 bits per heavy atom. The van der Waals surface area contributed by atoms with Crippen molar-refractivity contribution in [1.29, 1.82) is 0 Å². The fourth-order valence-electron chi connectivity index (χ4n) is 4.12. The van der Waals surface area contributed by atoms with Crippen LogP contribution < -0.4 is 4.74 Å². The average molecular weight is 478 g/mol. The van der Waals surface area contributed by atoms with Gasteiger partial charge < -0.3 is 14.1 Å². The van der Waals surface area contributed by atoms with Crippen LogP contribution in [-0.4, -0.2) is 39.6 Å². The van der Waals surface area contributed by atoms with Gasteiger partial charge in [0.05, 0.1) is 11.5 Å². The first-order valence-electron chi connectivity index (χ1n) is 11.8. The van der Waals surface area contributed by atoms with Gasteiger partial charge in [-0.15, -0.1) is 0 Å². The lowest BCUT2D eigenvalue weighted by atomic mass is 10.1. The molecule has 0 bridgehead atoms. The van der Waals surface area contributed by atoms with Gasteiger partial charge in [0, 0.05) is 18.4 Å². The van der Waals surface area contributed by atoms with Crippen molar-refractivity contribution in [3.63, 3.8) is 0 Å². The summed E-state index contributed by atoms with van der Waals surface area (Å²) in [5, 5.41) is 0.602. The van der Waals surface area contributed by atoms with E-state index >= 15 is 0 Å². The average Bonchev–Trinajstić information content (AvgIpc) is 3.23. The molecule has 4 aromatic rings. The summed E-state index contributed by atoms with van der Waals surface area (Å²) in [6.45, 7) is 7.93. The van der Waals surface area contributed by atoms with Crippen molar-refractivity contribution in [3.05, 3.63) is 90.2 Å². The van der Waals surface area contributed by atoms with E-state index in [1.165, 1.54) is 0 Å². The molecule has 0 saturated heterocycles. The molecular formula is C28H31NO4S. The molecule has 0 spiro atoms. The monoisotopic (exact) mass is 477 g/mol. The van der Waals surface area contributed by atoms with Gasteiger partial charge in [-0.05, 0) is 61.5 Å². The Hall–Kier alpha value is -3.09.